The van der Waals surface area contributed by atoms with Crippen molar-refractivity contribution in [3.63, 3.8) is 0 Å². The maximum absolute atomic E-state index is 4.53. The summed E-state index contributed by atoms with van der Waals surface area (Å²) in [4.78, 5) is 14.2. The predicted molar refractivity (Wildman–Crippen MR) is 93.6 cm³/mol. The summed E-state index contributed by atoms with van der Waals surface area (Å²) in [5.41, 5.74) is 3.76. The van der Waals surface area contributed by atoms with Crippen LogP contribution in [0.3, 0.4) is 0 Å². The average Bonchev–Trinajstić information content (AvgIpc) is 3.18. The molecule has 25 heavy (non-hydrogen) atoms. The number of H-pyrrole nitrogens is 1. The molecule has 5 rings (SSSR count). The summed E-state index contributed by atoms with van der Waals surface area (Å²) >= 11 is 0. The van der Waals surface area contributed by atoms with Crippen molar-refractivity contribution in [1.82, 2.24) is 34.8 Å². The molecule has 9 nitrogen and oxygen atoms in total. The summed E-state index contributed by atoms with van der Waals surface area (Å²) in [5, 5.41) is 15.8. The minimum absolute atomic E-state index is 0.555. The van der Waals surface area contributed by atoms with Crippen molar-refractivity contribution in [2.24, 2.45) is 5.92 Å². The van der Waals surface area contributed by atoms with Gasteiger partial charge in [-0.3, -0.25) is 0 Å². The SMILES string of the molecule is Cc1cc2ncnc(NCC3CN(c4ccc5nncn5n4)C3)c2[nH]1. The Morgan fingerprint density at radius 1 is 1.28 bits per heavy atom. The molecule has 4 aromatic rings. The summed E-state index contributed by atoms with van der Waals surface area (Å²) < 4.78 is 1.70. The lowest BCUT2D eigenvalue weighted by Crippen LogP contribution is -2.50. The topological polar surface area (TPSA) is 99.9 Å². The van der Waals surface area contributed by atoms with Gasteiger partial charge in [0.25, 0.3) is 0 Å². The fourth-order valence-electron chi connectivity index (χ4n) is 3.22. The summed E-state index contributed by atoms with van der Waals surface area (Å²) in [5.74, 6) is 2.37. The Kier molecular flexibility index (Phi) is 3.06. The monoisotopic (exact) mass is 335 g/mol. The van der Waals surface area contributed by atoms with E-state index in [0.29, 0.717) is 5.92 Å². The van der Waals surface area contributed by atoms with Crippen LogP contribution in [0.15, 0.2) is 30.9 Å². The number of fused-ring (bicyclic) bond motifs is 2. The van der Waals surface area contributed by atoms with Crippen LogP contribution in [0.25, 0.3) is 16.7 Å². The highest BCUT2D eigenvalue weighted by atomic mass is 15.4. The third-order valence-corrected chi connectivity index (χ3v) is 4.54. The third-order valence-electron chi connectivity index (χ3n) is 4.54. The van der Waals surface area contributed by atoms with Gasteiger partial charge in [-0.2, -0.15) is 4.52 Å². The number of anilines is 2. The molecule has 0 amide bonds. The van der Waals surface area contributed by atoms with Crippen LogP contribution in [0, 0.1) is 12.8 Å². The molecule has 1 saturated heterocycles. The number of aryl methyl sites for hydroxylation is 1. The Labute approximate surface area is 143 Å². The van der Waals surface area contributed by atoms with Gasteiger partial charge in [-0.05, 0) is 25.1 Å². The standard InChI is InChI=1S/C16H17N9/c1-10-4-12-15(21-10)16(19-8-18-12)17-5-11-6-24(7-11)14-3-2-13-22-20-9-25(13)23-14/h2-4,8-9,11,21H,5-7H2,1H3,(H,17,18,19). The second-order valence-corrected chi connectivity index (χ2v) is 6.41. The lowest BCUT2D eigenvalue weighted by Gasteiger charge is -2.40. The van der Waals surface area contributed by atoms with Crippen LogP contribution >= 0.6 is 0 Å². The second kappa shape index (κ2) is 5.40. The Bertz CT molecular complexity index is 1040. The van der Waals surface area contributed by atoms with Gasteiger partial charge in [0.05, 0.1) is 5.52 Å². The zero-order valence-corrected chi connectivity index (χ0v) is 13.7. The number of nitrogens with zero attached hydrogens (tertiary/aromatic N) is 7. The van der Waals surface area contributed by atoms with Crippen LogP contribution in [-0.2, 0) is 0 Å². The molecule has 1 aliphatic heterocycles. The molecule has 2 N–H and O–H groups in total. The van der Waals surface area contributed by atoms with Crippen molar-refractivity contribution >= 4 is 28.3 Å². The maximum Gasteiger partial charge on any atom is 0.177 e. The van der Waals surface area contributed by atoms with Gasteiger partial charge in [0, 0.05) is 31.2 Å². The Balaban J connectivity index is 1.23. The van der Waals surface area contributed by atoms with Crippen LogP contribution in [-0.4, -0.2) is 54.4 Å². The van der Waals surface area contributed by atoms with E-state index >= 15 is 0 Å². The molecule has 1 aliphatic rings. The fourth-order valence-corrected chi connectivity index (χ4v) is 3.22. The molecule has 126 valence electrons. The predicted octanol–water partition coefficient (Wildman–Crippen LogP) is 1.25. The first-order chi connectivity index (χ1) is 12.3. The molecule has 0 spiro atoms. The molecule has 9 heteroatoms. The molecule has 0 unspecified atom stereocenters. The average molecular weight is 335 g/mol. The normalized spacial score (nSPS) is 15.0. The number of rotatable bonds is 4. The van der Waals surface area contributed by atoms with E-state index in [-0.39, 0.29) is 0 Å². The Morgan fingerprint density at radius 3 is 3.12 bits per heavy atom. The molecule has 0 atom stereocenters. The first-order valence-electron chi connectivity index (χ1n) is 8.22. The highest BCUT2D eigenvalue weighted by molar-refractivity contribution is 5.86. The lowest BCUT2D eigenvalue weighted by atomic mass is 10.0. The zero-order valence-electron chi connectivity index (χ0n) is 13.7. The minimum Gasteiger partial charge on any atom is -0.368 e. The molecule has 0 bridgehead atoms. The highest BCUT2D eigenvalue weighted by Gasteiger charge is 2.28. The minimum atomic E-state index is 0.555. The van der Waals surface area contributed by atoms with Gasteiger partial charge in [0.2, 0.25) is 0 Å². The molecule has 4 aromatic heterocycles. The third kappa shape index (κ3) is 2.44. The van der Waals surface area contributed by atoms with Crippen molar-refractivity contribution in [3.05, 3.63) is 36.5 Å². The summed E-state index contributed by atoms with van der Waals surface area (Å²) in [6.07, 6.45) is 3.22. The van der Waals surface area contributed by atoms with E-state index in [1.54, 1.807) is 17.2 Å². The quantitative estimate of drug-likeness (QED) is 0.579. The first-order valence-corrected chi connectivity index (χ1v) is 8.22. The molecular weight excluding hydrogens is 318 g/mol. The molecule has 0 saturated carbocycles. The van der Waals surface area contributed by atoms with Gasteiger partial charge in [-0.25, -0.2) is 9.97 Å². The van der Waals surface area contributed by atoms with E-state index in [1.807, 2.05) is 25.1 Å². The summed E-state index contributed by atoms with van der Waals surface area (Å²) in [7, 11) is 0. The lowest BCUT2D eigenvalue weighted by molar-refractivity contribution is 0.425. The van der Waals surface area contributed by atoms with Crippen molar-refractivity contribution in [3.8, 4) is 0 Å². The van der Waals surface area contributed by atoms with Crippen LogP contribution in [0.2, 0.25) is 0 Å². The summed E-state index contributed by atoms with van der Waals surface area (Å²) in [6.45, 7) is 4.82. The smallest absolute Gasteiger partial charge is 0.177 e. The number of nitrogens with one attached hydrogen (secondary N) is 2. The van der Waals surface area contributed by atoms with E-state index in [4.69, 9.17) is 0 Å². The maximum atomic E-state index is 4.53. The van der Waals surface area contributed by atoms with E-state index in [2.05, 4.69) is 40.5 Å². The molecule has 1 fully saturated rings. The molecular formula is C16H17N9. The largest absolute Gasteiger partial charge is 0.368 e. The number of hydrogen-bond acceptors (Lipinski definition) is 7. The van der Waals surface area contributed by atoms with Crippen molar-refractivity contribution < 1.29 is 0 Å². The number of hydrogen-bond donors (Lipinski definition) is 2. The van der Waals surface area contributed by atoms with E-state index < -0.39 is 0 Å². The highest BCUT2D eigenvalue weighted by Crippen LogP contribution is 2.24. The van der Waals surface area contributed by atoms with Crippen molar-refractivity contribution in [1.29, 1.82) is 0 Å². The van der Waals surface area contributed by atoms with Gasteiger partial charge >= 0.3 is 0 Å². The molecule has 0 aliphatic carbocycles. The second-order valence-electron chi connectivity index (χ2n) is 6.41. The van der Waals surface area contributed by atoms with Gasteiger partial charge in [-0.1, -0.05) is 0 Å². The number of aromatic nitrogens is 7. The van der Waals surface area contributed by atoms with E-state index in [0.717, 1.165) is 53.6 Å². The zero-order chi connectivity index (χ0) is 16.8. The van der Waals surface area contributed by atoms with Crippen LogP contribution in [0.5, 0.6) is 0 Å². The fraction of sp³-hybridized carbons (Fsp3) is 0.312. The van der Waals surface area contributed by atoms with Gasteiger partial charge in [0.15, 0.2) is 11.5 Å². The van der Waals surface area contributed by atoms with Crippen molar-refractivity contribution in [2.45, 2.75) is 6.92 Å². The van der Waals surface area contributed by atoms with Gasteiger partial charge in [-0.15, -0.1) is 15.3 Å². The molecule has 5 heterocycles. The van der Waals surface area contributed by atoms with Gasteiger partial charge in [0.1, 0.15) is 24.0 Å². The Morgan fingerprint density at radius 2 is 2.20 bits per heavy atom. The molecule has 0 aromatic carbocycles. The van der Waals surface area contributed by atoms with Crippen LogP contribution < -0.4 is 10.2 Å². The number of aromatic amines is 1. The van der Waals surface area contributed by atoms with E-state index in [9.17, 15) is 0 Å². The summed E-state index contributed by atoms with van der Waals surface area (Å²) in [6, 6.07) is 5.95. The Hall–Kier alpha value is -3.23. The van der Waals surface area contributed by atoms with Gasteiger partial charge < -0.3 is 15.2 Å². The van der Waals surface area contributed by atoms with Crippen LogP contribution in [0.4, 0.5) is 11.6 Å². The van der Waals surface area contributed by atoms with E-state index in [1.165, 1.54) is 0 Å². The molecule has 0 radical (unpaired) electrons. The van der Waals surface area contributed by atoms with Crippen LogP contribution in [0.1, 0.15) is 5.69 Å². The van der Waals surface area contributed by atoms with Crippen molar-refractivity contribution in [2.75, 3.05) is 29.9 Å². The first kappa shape index (κ1) is 14.1.